The van der Waals surface area contributed by atoms with Crippen molar-refractivity contribution in [2.75, 3.05) is 0 Å². The van der Waals surface area contributed by atoms with Gasteiger partial charge in [-0.05, 0) is 44.7 Å². The van der Waals surface area contributed by atoms with Crippen LogP contribution in [0.2, 0.25) is 0 Å². The molecule has 0 bridgehead atoms. The highest BCUT2D eigenvalue weighted by Crippen LogP contribution is 2.46. The van der Waals surface area contributed by atoms with Crippen molar-refractivity contribution in [1.82, 2.24) is 0 Å². The summed E-state index contributed by atoms with van der Waals surface area (Å²) in [6, 6.07) is 5.50. The molecule has 1 saturated carbocycles. The van der Waals surface area contributed by atoms with Gasteiger partial charge in [0.2, 0.25) is 6.08 Å². The van der Waals surface area contributed by atoms with E-state index in [0.29, 0.717) is 5.56 Å². The second-order valence-corrected chi connectivity index (χ2v) is 6.11. The fraction of sp³-hybridized carbons (Fsp3) is 0.500. The Kier molecular flexibility index (Phi) is 3.43. The molecule has 0 radical (unpaired) electrons. The number of rotatable bonds is 3. The molecule has 4 heteroatoms. The first-order valence-electron chi connectivity index (χ1n) is 5.97. The molecule has 2 rings (SSSR count). The van der Waals surface area contributed by atoms with E-state index in [4.69, 9.17) is 0 Å². The Morgan fingerprint density at radius 2 is 2.11 bits per heavy atom. The highest BCUT2D eigenvalue weighted by molar-refractivity contribution is 9.10. The normalized spacial score (nSPS) is 17.8. The topological polar surface area (TPSA) is 29.4 Å². The lowest BCUT2D eigenvalue weighted by atomic mass is 9.72. The van der Waals surface area contributed by atoms with Gasteiger partial charge in [-0.2, -0.15) is 4.99 Å². The van der Waals surface area contributed by atoms with Gasteiger partial charge in [-0.25, -0.2) is 9.18 Å². The molecule has 0 heterocycles. The molecule has 1 aromatic carbocycles. The van der Waals surface area contributed by atoms with Gasteiger partial charge in [0.1, 0.15) is 5.67 Å². The predicted octanol–water partition coefficient (Wildman–Crippen LogP) is 4.37. The monoisotopic (exact) mass is 311 g/mol. The summed E-state index contributed by atoms with van der Waals surface area (Å²) in [4.78, 5) is 14.5. The van der Waals surface area contributed by atoms with Crippen molar-refractivity contribution in [3.63, 3.8) is 0 Å². The molecule has 1 fully saturated rings. The van der Waals surface area contributed by atoms with Crippen LogP contribution < -0.4 is 0 Å². The maximum atomic E-state index is 13.9. The number of alkyl halides is 1. The van der Waals surface area contributed by atoms with E-state index >= 15 is 0 Å². The second kappa shape index (κ2) is 4.60. The summed E-state index contributed by atoms with van der Waals surface area (Å²) < 4.78 is 14.7. The van der Waals surface area contributed by atoms with Gasteiger partial charge in [0.05, 0.1) is 5.54 Å². The van der Waals surface area contributed by atoms with Crippen LogP contribution in [0.1, 0.15) is 44.2 Å². The molecule has 1 aliphatic rings. The van der Waals surface area contributed by atoms with Gasteiger partial charge < -0.3 is 0 Å². The summed E-state index contributed by atoms with van der Waals surface area (Å²) in [5.74, 6) is 0. The third kappa shape index (κ3) is 2.27. The lowest BCUT2D eigenvalue weighted by molar-refractivity contribution is 0.219. The van der Waals surface area contributed by atoms with Gasteiger partial charge in [0, 0.05) is 10.0 Å². The zero-order valence-electron chi connectivity index (χ0n) is 10.5. The summed E-state index contributed by atoms with van der Waals surface area (Å²) in [6.45, 7) is 3.05. The van der Waals surface area contributed by atoms with Crippen LogP contribution in [0.4, 0.5) is 4.39 Å². The minimum Gasteiger partial charge on any atom is -0.239 e. The van der Waals surface area contributed by atoms with E-state index in [2.05, 4.69) is 20.9 Å². The Hall–Kier alpha value is -0.990. The van der Waals surface area contributed by atoms with E-state index in [9.17, 15) is 9.18 Å². The Morgan fingerprint density at radius 1 is 1.44 bits per heavy atom. The van der Waals surface area contributed by atoms with Crippen molar-refractivity contribution in [2.45, 2.75) is 44.3 Å². The maximum absolute atomic E-state index is 13.9. The van der Waals surface area contributed by atoms with Crippen molar-refractivity contribution >= 4 is 22.0 Å². The van der Waals surface area contributed by atoms with Crippen LogP contribution in [0.25, 0.3) is 0 Å². The van der Waals surface area contributed by atoms with Crippen LogP contribution in [-0.4, -0.2) is 6.08 Å². The van der Waals surface area contributed by atoms with Gasteiger partial charge in [-0.15, -0.1) is 0 Å². The fourth-order valence-electron chi connectivity index (χ4n) is 2.35. The SMILES string of the molecule is CC(C)(F)c1ccc(C2(N=C=O)CCC2)cc1Br. The van der Waals surface area contributed by atoms with Crippen molar-refractivity contribution in [1.29, 1.82) is 0 Å². The number of isocyanates is 1. The molecular formula is C14H15BrFNO. The third-order valence-corrected chi connectivity index (χ3v) is 4.24. The van der Waals surface area contributed by atoms with Crippen molar-refractivity contribution in [2.24, 2.45) is 4.99 Å². The molecule has 0 spiro atoms. The fourth-order valence-corrected chi connectivity index (χ4v) is 3.20. The average molecular weight is 312 g/mol. The summed E-state index contributed by atoms with van der Waals surface area (Å²) >= 11 is 3.40. The van der Waals surface area contributed by atoms with Crippen molar-refractivity contribution in [3.05, 3.63) is 33.8 Å². The Balaban J connectivity index is 2.43. The molecule has 1 aliphatic carbocycles. The van der Waals surface area contributed by atoms with E-state index in [1.54, 1.807) is 12.1 Å². The first-order valence-corrected chi connectivity index (χ1v) is 6.77. The number of carbonyl (C=O) groups excluding carboxylic acids is 1. The number of hydrogen-bond donors (Lipinski definition) is 0. The summed E-state index contributed by atoms with van der Waals surface area (Å²) in [5.41, 5.74) is -0.255. The summed E-state index contributed by atoms with van der Waals surface area (Å²) in [7, 11) is 0. The Labute approximate surface area is 114 Å². The highest BCUT2D eigenvalue weighted by Gasteiger charge is 2.39. The molecule has 0 saturated heterocycles. The first-order chi connectivity index (χ1) is 8.39. The smallest absolute Gasteiger partial charge is 0.235 e. The van der Waals surface area contributed by atoms with Crippen LogP contribution in [0, 0.1) is 0 Å². The highest BCUT2D eigenvalue weighted by atomic mass is 79.9. The van der Waals surface area contributed by atoms with E-state index in [1.165, 1.54) is 13.8 Å². The quantitative estimate of drug-likeness (QED) is 0.602. The predicted molar refractivity (Wildman–Crippen MR) is 71.9 cm³/mol. The summed E-state index contributed by atoms with van der Waals surface area (Å²) in [5, 5.41) is 0. The lowest BCUT2D eigenvalue weighted by Crippen LogP contribution is -2.32. The van der Waals surface area contributed by atoms with Crippen LogP contribution in [0.5, 0.6) is 0 Å². The second-order valence-electron chi connectivity index (χ2n) is 5.26. The molecule has 1 aromatic rings. The van der Waals surface area contributed by atoms with Crippen LogP contribution >= 0.6 is 15.9 Å². The number of hydrogen-bond acceptors (Lipinski definition) is 2. The number of halogens is 2. The van der Waals surface area contributed by atoms with Crippen LogP contribution in [0.15, 0.2) is 27.7 Å². The molecule has 0 atom stereocenters. The van der Waals surface area contributed by atoms with Gasteiger partial charge >= 0.3 is 0 Å². The van der Waals surface area contributed by atoms with Crippen molar-refractivity contribution < 1.29 is 9.18 Å². The summed E-state index contributed by atoms with van der Waals surface area (Å²) in [6.07, 6.45) is 4.42. The minimum atomic E-state index is -1.39. The third-order valence-electron chi connectivity index (χ3n) is 3.59. The molecule has 0 aliphatic heterocycles. The molecule has 18 heavy (non-hydrogen) atoms. The maximum Gasteiger partial charge on any atom is 0.235 e. The van der Waals surface area contributed by atoms with Crippen LogP contribution in [0.3, 0.4) is 0 Å². The van der Waals surface area contributed by atoms with Crippen LogP contribution in [-0.2, 0) is 16.0 Å². The first kappa shape index (κ1) is 13.4. The van der Waals surface area contributed by atoms with E-state index < -0.39 is 11.2 Å². The van der Waals surface area contributed by atoms with E-state index in [-0.39, 0.29) is 0 Å². The number of aliphatic imine (C=N–C) groups is 1. The van der Waals surface area contributed by atoms with Gasteiger partial charge in [-0.3, -0.25) is 0 Å². The van der Waals surface area contributed by atoms with E-state index in [0.717, 1.165) is 29.3 Å². The molecule has 0 unspecified atom stereocenters. The molecular weight excluding hydrogens is 297 g/mol. The molecule has 0 amide bonds. The van der Waals surface area contributed by atoms with Crippen molar-refractivity contribution in [3.8, 4) is 0 Å². The Bertz CT molecular complexity index is 511. The molecule has 2 nitrogen and oxygen atoms in total. The number of nitrogens with zero attached hydrogens (tertiary/aromatic N) is 1. The standard InChI is InChI=1S/C14H15BrFNO/c1-13(2,16)11-5-4-10(8-12(11)15)14(17-9-18)6-3-7-14/h4-5,8H,3,6-7H2,1-2H3. The lowest BCUT2D eigenvalue weighted by Gasteiger charge is -2.37. The van der Waals surface area contributed by atoms with Gasteiger partial charge in [-0.1, -0.05) is 28.1 Å². The van der Waals surface area contributed by atoms with Gasteiger partial charge in [0.25, 0.3) is 0 Å². The minimum absolute atomic E-state index is 0.427. The zero-order valence-corrected chi connectivity index (χ0v) is 12.1. The van der Waals surface area contributed by atoms with Gasteiger partial charge in [0.15, 0.2) is 0 Å². The average Bonchev–Trinajstić information content (AvgIpc) is 2.21. The molecule has 0 N–H and O–H groups in total. The zero-order chi connectivity index (χ0) is 13.4. The largest absolute Gasteiger partial charge is 0.239 e. The van der Waals surface area contributed by atoms with E-state index in [1.807, 2.05) is 12.1 Å². The Morgan fingerprint density at radius 3 is 2.50 bits per heavy atom. The molecule has 96 valence electrons. The number of benzene rings is 1. The molecule has 0 aromatic heterocycles.